The minimum absolute atomic E-state index is 0.00140. The van der Waals surface area contributed by atoms with Crippen molar-refractivity contribution in [2.75, 3.05) is 52.4 Å². The zero-order valence-electron chi connectivity index (χ0n) is 21.4. The molecule has 2 aliphatic heterocycles. The predicted octanol–water partition coefficient (Wildman–Crippen LogP) is 2.41. The van der Waals surface area contributed by atoms with Crippen LogP contribution in [0.4, 0.5) is 0 Å². The molecule has 3 rings (SSSR count). The Hall–Kier alpha value is -1.67. The fourth-order valence-electron chi connectivity index (χ4n) is 5.89. The van der Waals surface area contributed by atoms with E-state index >= 15 is 0 Å². The number of rotatable bonds is 11. The number of hydrogen-bond donors (Lipinski definition) is 1. The molecule has 0 radical (unpaired) electrons. The summed E-state index contributed by atoms with van der Waals surface area (Å²) < 4.78 is 4.93. The number of nitrogens with zero attached hydrogens (tertiary/aromatic N) is 3. The molecular formula is C26H46N4O4. The molecule has 1 aliphatic carbocycles. The van der Waals surface area contributed by atoms with Gasteiger partial charge in [0.1, 0.15) is 0 Å². The van der Waals surface area contributed by atoms with Crippen LogP contribution in [-0.2, 0) is 19.1 Å². The van der Waals surface area contributed by atoms with Crippen molar-refractivity contribution in [2.24, 2.45) is 5.92 Å². The molecule has 2 unspecified atom stereocenters. The van der Waals surface area contributed by atoms with Crippen molar-refractivity contribution in [3.63, 3.8) is 0 Å². The molecule has 8 heteroatoms. The van der Waals surface area contributed by atoms with Crippen LogP contribution < -0.4 is 5.32 Å². The van der Waals surface area contributed by atoms with Crippen LogP contribution in [0.25, 0.3) is 0 Å². The topological polar surface area (TPSA) is 82.2 Å². The fraction of sp³-hybridized carbons (Fsp3) is 0.885. The summed E-state index contributed by atoms with van der Waals surface area (Å²) in [7, 11) is 0. The summed E-state index contributed by atoms with van der Waals surface area (Å²) in [5.74, 6) is 0.262. The Labute approximate surface area is 205 Å². The summed E-state index contributed by atoms with van der Waals surface area (Å²) >= 11 is 0. The van der Waals surface area contributed by atoms with E-state index in [-0.39, 0.29) is 36.7 Å². The number of esters is 1. The molecule has 34 heavy (non-hydrogen) atoms. The molecule has 1 saturated carbocycles. The molecule has 2 saturated heterocycles. The molecule has 2 amide bonds. The van der Waals surface area contributed by atoms with Crippen LogP contribution in [-0.4, -0.2) is 97.0 Å². The van der Waals surface area contributed by atoms with Crippen LogP contribution in [0.5, 0.6) is 0 Å². The lowest BCUT2D eigenvalue weighted by atomic mass is 9.95. The Kier molecular flexibility index (Phi) is 11.1. The van der Waals surface area contributed by atoms with Gasteiger partial charge in [-0.2, -0.15) is 0 Å². The smallest absolute Gasteiger partial charge is 0.306 e. The van der Waals surface area contributed by atoms with Crippen molar-refractivity contribution in [3.8, 4) is 0 Å². The van der Waals surface area contributed by atoms with Crippen LogP contribution >= 0.6 is 0 Å². The van der Waals surface area contributed by atoms with Gasteiger partial charge in [-0.3, -0.25) is 19.3 Å². The Balaban J connectivity index is 1.44. The normalized spacial score (nSPS) is 23.6. The molecule has 3 fully saturated rings. The number of hydrogen-bond acceptors (Lipinski definition) is 6. The molecule has 1 N–H and O–H groups in total. The second-order valence-electron chi connectivity index (χ2n) is 10.2. The lowest BCUT2D eigenvalue weighted by molar-refractivity contribution is -0.146. The first-order valence-electron chi connectivity index (χ1n) is 13.7. The number of ether oxygens (including phenoxy) is 1. The Morgan fingerprint density at radius 3 is 2.32 bits per heavy atom. The van der Waals surface area contributed by atoms with Gasteiger partial charge in [0.15, 0.2) is 0 Å². The first-order chi connectivity index (χ1) is 16.5. The molecule has 2 atom stereocenters. The summed E-state index contributed by atoms with van der Waals surface area (Å²) in [6.45, 7) is 10.1. The standard InChI is InChI=1S/C26H46N4O4/c1-3-34-24(32)13-12-23(31)29-17-19-30(20-18-29)25(22-10-4-5-11-22)26(33)27-14-8-16-28-15-7-6-9-21(28)2/h21-22,25H,3-20H2,1-2H3,(H,27,33). The third kappa shape index (κ3) is 7.94. The molecule has 0 aromatic rings. The van der Waals surface area contributed by atoms with Gasteiger partial charge in [-0.25, -0.2) is 0 Å². The highest BCUT2D eigenvalue weighted by Gasteiger charge is 2.37. The van der Waals surface area contributed by atoms with Gasteiger partial charge in [-0.1, -0.05) is 19.3 Å². The molecule has 0 aromatic carbocycles. The maximum Gasteiger partial charge on any atom is 0.306 e. The number of likely N-dealkylation sites (tertiary alicyclic amines) is 1. The number of amides is 2. The average Bonchev–Trinajstić information content (AvgIpc) is 3.36. The molecular weight excluding hydrogens is 432 g/mol. The number of piperidine rings is 1. The van der Waals surface area contributed by atoms with Crippen molar-refractivity contribution in [1.82, 2.24) is 20.0 Å². The van der Waals surface area contributed by atoms with Crippen LogP contribution in [0.15, 0.2) is 0 Å². The highest BCUT2D eigenvalue weighted by atomic mass is 16.5. The minimum Gasteiger partial charge on any atom is -0.466 e. The first kappa shape index (κ1) is 26.9. The summed E-state index contributed by atoms with van der Waals surface area (Å²) in [6.07, 6.45) is 9.87. The van der Waals surface area contributed by atoms with E-state index in [2.05, 4.69) is 22.0 Å². The van der Waals surface area contributed by atoms with Gasteiger partial charge in [-0.15, -0.1) is 0 Å². The molecule has 194 valence electrons. The van der Waals surface area contributed by atoms with Crippen molar-refractivity contribution in [3.05, 3.63) is 0 Å². The Bertz CT molecular complexity index is 659. The van der Waals surface area contributed by atoms with Gasteiger partial charge in [0.2, 0.25) is 11.8 Å². The van der Waals surface area contributed by atoms with Gasteiger partial charge in [0, 0.05) is 51.7 Å². The van der Waals surface area contributed by atoms with E-state index in [1.165, 1.54) is 38.6 Å². The van der Waals surface area contributed by atoms with E-state index in [0.29, 0.717) is 44.7 Å². The van der Waals surface area contributed by atoms with E-state index < -0.39 is 0 Å². The van der Waals surface area contributed by atoms with Gasteiger partial charge in [0.05, 0.1) is 19.1 Å². The van der Waals surface area contributed by atoms with Gasteiger partial charge >= 0.3 is 5.97 Å². The summed E-state index contributed by atoms with van der Waals surface area (Å²) in [4.78, 5) is 44.1. The second kappa shape index (κ2) is 14.0. The number of carbonyl (C=O) groups is 3. The monoisotopic (exact) mass is 478 g/mol. The summed E-state index contributed by atoms with van der Waals surface area (Å²) in [5, 5.41) is 3.25. The first-order valence-corrected chi connectivity index (χ1v) is 13.7. The van der Waals surface area contributed by atoms with Crippen LogP contribution in [0.2, 0.25) is 0 Å². The van der Waals surface area contributed by atoms with E-state index in [1.54, 1.807) is 6.92 Å². The van der Waals surface area contributed by atoms with E-state index in [9.17, 15) is 14.4 Å². The minimum atomic E-state index is -0.317. The van der Waals surface area contributed by atoms with Crippen molar-refractivity contribution in [1.29, 1.82) is 0 Å². The number of carbonyl (C=O) groups excluding carboxylic acids is 3. The Morgan fingerprint density at radius 2 is 1.65 bits per heavy atom. The zero-order valence-corrected chi connectivity index (χ0v) is 21.4. The van der Waals surface area contributed by atoms with Crippen LogP contribution in [0, 0.1) is 5.92 Å². The third-order valence-electron chi connectivity index (χ3n) is 7.89. The molecule has 8 nitrogen and oxygen atoms in total. The number of nitrogens with one attached hydrogen (secondary N) is 1. The zero-order chi connectivity index (χ0) is 24.3. The van der Waals surface area contributed by atoms with E-state index in [1.807, 2.05) is 4.90 Å². The molecule has 3 aliphatic rings. The highest BCUT2D eigenvalue weighted by molar-refractivity contribution is 5.83. The number of piperazine rings is 1. The fourth-order valence-corrected chi connectivity index (χ4v) is 5.89. The third-order valence-corrected chi connectivity index (χ3v) is 7.89. The van der Waals surface area contributed by atoms with E-state index in [4.69, 9.17) is 4.74 Å². The highest BCUT2D eigenvalue weighted by Crippen LogP contribution is 2.31. The molecule has 0 bridgehead atoms. The van der Waals surface area contributed by atoms with Crippen molar-refractivity contribution in [2.45, 2.75) is 90.1 Å². The summed E-state index contributed by atoms with van der Waals surface area (Å²) in [5.41, 5.74) is 0. The summed E-state index contributed by atoms with van der Waals surface area (Å²) in [6, 6.07) is 0.570. The van der Waals surface area contributed by atoms with Crippen molar-refractivity contribution >= 4 is 17.8 Å². The molecule has 0 spiro atoms. The van der Waals surface area contributed by atoms with Gasteiger partial charge < -0.3 is 19.9 Å². The predicted molar refractivity (Wildman–Crippen MR) is 132 cm³/mol. The lowest BCUT2D eigenvalue weighted by Gasteiger charge is -2.41. The average molecular weight is 479 g/mol. The molecule has 2 heterocycles. The maximum atomic E-state index is 13.3. The van der Waals surface area contributed by atoms with Crippen LogP contribution in [0.1, 0.15) is 78.1 Å². The quantitative estimate of drug-likeness (QED) is 0.363. The van der Waals surface area contributed by atoms with Crippen molar-refractivity contribution < 1.29 is 19.1 Å². The van der Waals surface area contributed by atoms with E-state index in [0.717, 1.165) is 32.4 Å². The van der Waals surface area contributed by atoms with Crippen LogP contribution in [0.3, 0.4) is 0 Å². The van der Waals surface area contributed by atoms with Gasteiger partial charge in [0.25, 0.3) is 0 Å². The maximum absolute atomic E-state index is 13.3. The largest absolute Gasteiger partial charge is 0.466 e. The second-order valence-corrected chi connectivity index (χ2v) is 10.2. The Morgan fingerprint density at radius 1 is 0.941 bits per heavy atom. The SMILES string of the molecule is CCOC(=O)CCC(=O)N1CCN(C(C(=O)NCCCN2CCCCC2C)C2CCCC2)CC1. The van der Waals surface area contributed by atoms with Gasteiger partial charge in [-0.05, 0) is 58.4 Å². The molecule has 0 aromatic heterocycles. The lowest BCUT2D eigenvalue weighted by Crippen LogP contribution is -2.58.